The Kier molecular flexibility index (Phi) is 4.43. The molecule has 1 N–H and O–H groups in total. The van der Waals surface area contributed by atoms with E-state index < -0.39 is 17.8 Å². The lowest BCUT2D eigenvalue weighted by Crippen LogP contribution is -2.28. The molecule has 0 saturated heterocycles. The smallest absolute Gasteiger partial charge is 0.343 e. The quantitative estimate of drug-likeness (QED) is 0.770. The van der Waals surface area contributed by atoms with Crippen LogP contribution in [0.4, 0.5) is 13.2 Å². The van der Waals surface area contributed by atoms with E-state index in [4.69, 9.17) is 0 Å². The van der Waals surface area contributed by atoms with Crippen LogP contribution in [0.5, 0.6) is 0 Å². The summed E-state index contributed by atoms with van der Waals surface area (Å²) in [5, 5.41) is 10.6. The second-order valence-electron chi connectivity index (χ2n) is 5.85. The van der Waals surface area contributed by atoms with E-state index in [0.717, 1.165) is 11.8 Å². The first kappa shape index (κ1) is 17.9. The van der Waals surface area contributed by atoms with Crippen molar-refractivity contribution in [2.45, 2.75) is 39.5 Å². The number of carbonyl (C=O) groups is 1. The number of amides is 1. The topological polar surface area (TPSA) is 77.1 Å². The fourth-order valence-electron chi connectivity index (χ4n) is 2.73. The number of aromatic nitrogens is 5. The third-order valence-corrected chi connectivity index (χ3v) is 3.92. The van der Waals surface area contributed by atoms with Crippen LogP contribution in [0.25, 0.3) is 5.65 Å². The van der Waals surface area contributed by atoms with Gasteiger partial charge < -0.3 is 5.32 Å². The van der Waals surface area contributed by atoms with Crippen LogP contribution in [0.1, 0.15) is 47.5 Å². The van der Waals surface area contributed by atoms with Gasteiger partial charge in [-0.15, -0.1) is 0 Å². The van der Waals surface area contributed by atoms with Crippen LogP contribution >= 0.6 is 0 Å². The second-order valence-corrected chi connectivity index (χ2v) is 5.85. The van der Waals surface area contributed by atoms with Gasteiger partial charge in [0.2, 0.25) is 0 Å². The van der Waals surface area contributed by atoms with Crippen molar-refractivity contribution < 1.29 is 18.0 Å². The SMILES string of the molecule is CCn1nccc1C(C)NC(=O)c1cc2nc(C)cc(C(F)(F)F)n2n1. The predicted molar refractivity (Wildman–Crippen MR) is 86.5 cm³/mol. The van der Waals surface area contributed by atoms with Gasteiger partial charge in [-0.1, -0.05) is 0 Å². The average Bonchev–Trinajstić information content (AvgIpc) is 3.19. The van der Waals surface area contributed by atoms with Gasteiger partial charge >= 0.3 is 6.18 Å². The van der Waals surface area contributed by atoms with Crippen LogP contribution in [0, 0.1) is 6.92 Å². The van der Waals surface area contributed by atoms with Gasteiger partial charge in [0, 0.05) is 24.5 Å². The third kappa shape index (κ3) is 3.26. The van der Waals surface area contributed by atoms with Crippen molar-refractivity contribution >= 4 is 11.6 Å². The highest BCUT2D eigenvalue weighted by Crippen LogP contribution is 2.29. The minimum absolute atomic E-state index is 0.0336. The molecule has 3 aromatic rings. The number of aryl methyl sites for hydroxylation is 2. The van der Waals surface area contributed by atoms with Crippen molar-refractivity contribution in [3.63, 3.8) is 0 Å². The Hall–Kier alpha value is -2.91. The molecule has 0 fully saturated rings. The van der Waals surface area contributed by atoms with E-state index in [1.165, 1.54) is 13.0 Å². The van der Waals surface area contributed by atoms with Crippen LogP contribution in [-0.4, -0.2) is 30.3 Å². The minimum Gasteiger partial charge on any atom is -0.343 e. The summed E-state index contributed by atoms with van der Waals surface area (Å²) in [6.07, 6.45) is -2.98. The Balaban J connectivity index is 1.92. The first-order valence-corrected chi connectivity index (χ1v) is 7.98. The maximum atomic E-state index is 13.2. The van der Waals surface area contributed by atoms with Crippen LogP contribution in [0.3, 0.4) is 0 Å². The van der Waals surface area contributed by atoms with Gasteiger partial charge in [-0.2, -0.15) is 23.4 Å². The van der Waals surface area contributed by atoms with Gasteiger partial charge in [0.1, 0.15) is 5.69 Å². The van der Waals surface area contributed by atoms with Gasteiger partial charge in [0.25, 0.3) is 5.91 Å². The second kappa shape index (κ2) is 6.43. The van der Waals surface area contributed by atoms with Crippen molar-refractivity contribution in [1.82, 2.24) is 29.7 Å². The van der Waals surface area contributed by atoms with Crippen LogP contribution < -0.4 is 5.32 Å². The molecule has 0 radical (unpaired) electrons. The monoisotopic (exact) mass is 366 g/mol. The highest BCUT2D eigenvalue weighted by molar-refractivity contribution is 5.93. The fourth-order valence-corrected chi connectivity index (χ4v) is 2.73. The van der Waals surface area contributed by atoms with Gasteiger partial charge in [-0.25, -0.2) is 9.50 Å². The highest BCUT2D eigenvalue weighted by atomic mass is 19.4. The maximum absolute atomic E-state index is 13.2. The molecule has 3 rings (SSSR count). The first-order valence-electron chi connectivity index (χ1n) is 7.98. The summed E-state index contributed by atoms with van der Waals surface area (Å²) in [5.41, 5.74) is -0.167. The lowest BCUT2D eigenvalue weighted by molar-refractivity contribution is -0.142. The van der Waals surface area contributed by atoms with Crippen molar-refractivity contribution in [2.75, 3.05) is 0 Å². The number of carbonyl (C=O) groups excluding carboxylic acids is 1. The summed E-state index contributed by atoms with van der Waals surface area (Å²) in [5.74, 6) is -0.586. The summed E-state index contributed by atoms with van der Waals surface area (Å²) >= 11 is 0. The normalized spacial score (nSPS) is 13.2. The Morgan fingerprint density at radius 3 is 2.73 bits per heavy atom. The maximum Gasteiger partial charge on any atom is 0.433 e. The van der Waals surface area contributed by atoms with Crippen molar-refractivity contribution in [3.05, 3.63) is 47.2 Å². The Morgan fingerprint density at radius 2 is 2.08 bits per heavy atom. The number of hydrogen-bond acceptors (Lipinski definition) is 4. The molecule has 138 valence electrons. The summed E-state index contributed by atoms with van der Waals surface area (Å²) < 4.78 is 41.9. The Morgan fingerprint density at radius 1 is 1.35 bits per heavy atom. The molecule has 3 aromatic heterocycles. The van der Waals surface area contributed by atoms with Crippen molar-refractivity contribution in [1.29, 1.82) is 0 Å². The molecular formula is C16H17F3N6O. The first-order chi connectivity index (χ1) is 12.2. The zero-order chi connectivity index (χ0) is 19.1. The molecule has 1 unspecified atom stereocenters. The molecule has 0 aromatic carbocycles. The van der Waals surface area contributed by atoms with E-state index in [0.29, 0.717) is 11.1 Å². The number of fused-ring (bicyclic) bond motifs is 1. The molecule has 0 aliphatic carbocycles. The van der Waals surface area contributed by atoms with Gasteiger partial charge in [-0.05, 0) is 32.9 Å². The molecule has 0 aliphatic rings. The molecule has 1 atom stereocenters. The molecule has 1 amide bonds. The third-order valence-electron chi connectivity index (χ3n) is 3.92. The standard InChI is InChI=1S/C16H17F3N6O/c1-4-24-12(5-6-20-24)10(3)22-15(26)11-8-14-21-9(2)7-13(16(17,18)19)25(14)23-11/h5-8,10H,4H2,1-3H3,(H,22,26). The van der Waals surface area contributed by atoms with E-state index in [1.807, 2.05) is 6.92 Å². The van der Waals surface area contributed by atoms with Crippen LogP contribution in [-0.2, 0) is 12.7 Å². The van der Waals surface area contributed by atoms with E-state index in [-0.39, 0.29) is 23.1 Å². The molecule has 3 heterocycles. The van der Waals surface area contributed by atoms with Crippen molar-refractivity contribution in [3.8, 4) is 0 Å². The molecule has 10 heteroatoms. The van der Waals surface area contributed by atoms with Crippen LogP contribution in [0.15, 0.2) is 24.4 Å². The lowest BCUT2D eigenvalue weighted by atomic mass is 10.2. The number of alkyl halides is 3. The largest absolute Gasteiger partial charge is 0.433 e. The Bertz CT molecular complexity index is 959. The van der Waals surface area contributed by atoms with Crippen molar-refractivity contribution in [2.24, 2.45) is 0 Å². The molecular weight excluding hydrogens is 349 g/mol. The van der Waals surface area contributed by atoms with Gasteiger partial charge in [0.15, 0.2) is 11.3 Å². The molecule has 0 aliphatic heterocycles. The predicted octanol–water partition coefficient (Wildman–Crippen LogP) is 2.76. The zero-order valence-electron chi connectivity index (χ0n) is 14.4. The van der Waals surface area contributed by atoms with E-state index >= 15 is 0 Å². The lowest BCUT2D eigenvalue weighted by Gasteiger charge is -2.14. The van der Waals surface area contributed by atoms with E-state index in [1.54, 1.807) is 23.9 Å². The summed E-state index contributed by atoms with van der Waals surface area (Å²) in [4.78, 5) is 16.5. The van der Waals surface area contributed by atoms with Gasteiger partial charge in [-0.3, -0.25) is 9.48 Å². The number of hydrogen-bond donors (Lipinski definition) is 1. The van der Waals surface area contributed by atoms with Crippen LogP contribution in [0.2, 0.25) is 0 Å². The summed E-state index contributed by atoms with van der Waals surface area (Å²) in [6.45, 7) is 5.77. The molecule has 26 heavy (non-hydrogen) atoms. The minimum atomic E-state index is -4.60. The average molecular weight is 366 g/mol. The van der Waals surface area contributed by atoms with Gasteiger partial charge in [0.05, 0.1) is 11.7 Å². The van der Waals surface area contributed by atoms with E-state index in [9.17, 15) is 18.0 Å². The Labute approximate surface area is 146 Å². The number of nitrogens with one attached hydrogen (secondary N) is 1. The molecule has 0 spiro atoms. The van der Waals surface area contributed by atoms with E-state index in [2.05, 4.69) is 20.5 Å². The molecule has 0 bridgehead atoms. The number of nitrogens with zero attached hydrogens (tertiary/aromatic N) is 5. The highest BCUT2D eigenvalue weighted by Gasteiger charge is 2.35. The number of halogens is 3. The molecule has 7 nitrogen and oxygen atoms in total. The number of rotatable bonds is 4. The fraction of sp³-hybridized carbons (Fsp3) is 0.375. The molecule has 0 saturated carbocycles. The summed E-state index contributed by atoms with van der Waals surface area (Å²) in [7, 11) is 0. The zero-order valence-corrected chi connectivity index (χ0v) is 14.4. The summed E-state index contributed by atoms with van der Waals surface area (Å²) in [6, 6.07) is 3.52.